The summed E-state index contributed by atoms with van der Waals surface area (Å²) in [7, 11) is 0. The fourth-order valence-corrected chi connectivity index (χ4v) is 2.44. The lowest BCUT2D eigenvalue weighted by molar-refractivity contribution is -0.137. The minimum atomic E-state index is -4.43. The average molecular weight is 301 g/mol. The van der Waals surface area contributed by atoms with E-state index in [0.717, 1.165) is 17.4 Å². The molecule has 1 aromatic carbocycles. The smallest absolute Gasteiger partial charge is 0.418 e. The normalized spacial score (nSPS) is 11.3. The van der Waals surface area contributed by atoms with Gasteiger partial charge in [0, 0.05) is 17.1 Å². The van der Waals surface area contributed by atoms with Crippen LogP contribution in [0.25, 0.3) is 0 Å². The van der Waals surface area contributed by atoms with Crippen LogP contribution in [0.15, 0.2) is 36.4 Å². The number of rotatable bonds is 4. The number of carboxylic acid groups (broad SMARTS) is 1. The third kappa shape index (κ3) is 3.30. The van der Waals surface area contributed by atoms with Gasteiger partial charge in [-0.3, -0.25) is 0 Å². The van der Waals surface area contributed by atoms with Gasteiger partial charge in [0.05, 0.1) is 5.56 Å². The van der Waals surface area contributed by atoms with E-state index in [-0.39, 0.29) is 17.1 Å². The Morgan fingerprint density at radius 2 is 1.90 bits per heavy atom. The van der Waals surface area contributed by atoms with Gasteiger partial charge in [0.15, 0.2) is 0 Å². The van der Waals surface area contributed by atoms with Crippen molar-refractivity contribution in [1.29, 1.82) is 0 Å². The molecule has 0 aliphatic rings. The first-order valence-electron chi connectivity index (χ1n) is 5.60. The summed E-state index contributed by atoms with van der Waals surface area (Å²) < 4.78 is 38.3. The highest BCUT2D eigenvalue weighted by Crippen LogP contribution is 2.34. The monoisotopic (exact) mass is 301 g/mol. The Bertz CT molecular complexity index is 622. The van der Waals surface area contributed by atoms with Crippen molar-refractivity contribution in [2.45, 2.75) is 12.7 Å². The quantitative estimate of drug-likeness (QED) is 0.894. The van der Waals surface area contributed by atoms with Crippen LogP contribution >= 0.6 is 11.3 Å². The molecular formula is C13H10F3NO2S. The summed E-state index contributed by atoms with van der Waals surface area (Å²) in [5, 5.41) is 11.5. The highest BCUT2D eigenvalue weighted by Gasteiger charge is 2.33. The number of nitrogens with one attached hydrogen (secondary N) is 1. The molecule has 0 bridgehead atoms. The largest absolute Gasteiger partial charge is 0.477 e. The van der Waals surface area contributed by atoms with Crippen molar-refractivity contribution >= 4 is 23.0 Å². The van der Waals surface area contributed by atoms with E-state index in [9.17, 15) is 18.0 Å². The number of anilines is 1. The lowest BCUT2D eigenvalue weighted by Gasteiger charge is -2.13. The van der Waals surface area contributed by atoms with E-state index in [1.54, 1.807) is 6.07 Å². The van der Waals surface area contributed by atoms with Crippen LogP contribution in [-0.2, 0) is 12.7 Å². The van der Waals surface area contributed by atoms with Crippen LogP contribution in [0.4, 0.5) is 18.9 Å². The number of halogens is 3. The molecule has 3 nitrogen and oxygen atoms in total. The number of alkyl halides is 3. The Morgan fingerprint density at radius 1 is 1.20 bits per heavy atom. The summed E-state index contributed by atoms with van der Waals surface area (Å²) in [5.74, 6) is -1.04. The zero-order valence-corrected chi connectivity index (χ0v) is 10.9. The van der Waals surface area contributed by atoms with Gasteiger partial charge in [0.1, 0.15) is 4.88 Å². The van der Waals surface area contributed by atoms with E-state index in [1.165, 1.54) is 24.3 Å². The first-order valence-corrected chi connectivity index (χ1v) is 6.41. The molecule has 20 heavy (non-hydrogen) atoms. The van der Waals surface area contributed by atoms with Crippen molar-refractivity contribution in [2.24, 2.45) is 0 Å². The van der Waals surface area contributed by atoms with Gasteiger partial charge in [-0.05, 0) is 24.3 Å². The van der Waals surface area contributed by atoms with Crippen molar-refractivity contribution in [2.75, 3.05) is 5.32 Å². The lowest BCUT2D eigenvalue weighted by Crippen LogP contribution is -2.10. The number of thiophene rings is 1. The lowest BCUT2D eigenvalue weighted by atomic mass is 10.1. The predicted molar refractivity (Wildman–Crippen MR) is 70.0 cm³/mol. The van der Waals surface area contributed by atoms with Crippen molar-refractivity contribution in [1.82, 2.24) is 0 Å². The van der Waals surface area contributed by atoms with Crippen LogP contribution in [0.5, 0.6) is 0 Å². The predicted octanol–water partition coefficient (Wildman–Crippen LogP) is 4.08. The van der Waals surface area contributed by atoms with Gasteiger partial charge in [-0.2, -0.15) is 13.2 Å². The molecule has 2 rings (SSSR count). The van der Waals surface area contributed by atoms with E-state index in [2.05, 4.69) is 5.32 Å². The standard InChI is InChI=1S/C13H10F3NO2S/c14-13(15,16)9-3-1-2-4-10(9)17-7-8-5-6-11(20-8)12(18)19/h1-6,17H,7H2,(H,18,19). The molecule has 0 unspecified atom stereocenters. The maximum Gasteiger partial charge on any atom is 0.418 e. The van der Waals surface area contributed by atoms with E-state index in [4.69, 9.17) is 5.11 Å². The molecule has 1 aromatic heterocycles. The molecule has 0 atom stereocenters. The van der Waals surface area contributed by atoms with Gasteiger partial charge in [0.25, 0.3) is 0 Å². The van der Waals surface area contributed by atoms with E-state index in [1.807, 2.05) is 0 Å². The summed E-state index contributed by atoms with van der Waals surface area (Å²) in [6, 6.07) is 8.18. The number of hydrogen-bond acceptors (Lipinski definition) is 3. The van der Waals surface area contributed by atoms with Crippen LogP contribution in [-0.4, -0.2) is 11.1 Å². The molecule has 0 aliphatic carbocycles. The van der Waals surface area contributed by atoms with Crippen LogP contribution < -0.4 is 5.32 Å². The highest BCUT2D eigenvalue weighted by atomic mass is 32.1. The fourth-order valence-electron chi connectivity index (χ4n) is 1.65. The molecule has 0 aliphatic heterocycles. The second-order valence-electron chi connectivity index (χ2n) is 3.97. The number of carboxylic acids is 1. The summed E-state index contributed by atoms with van der Waals surface area (Å²) >= 11 is 1.03. The van der Waals surface area contributed by atoms with Crippen molar-refractivity contribution < 1.29 is 23.1 Å². The van der Waals surface area contributed by atoms with Gasteiger partial charge >= 0.3 is 12.1 Å². The van der Waals surface area contributed by atoms with Gasteiger partial charge in [0.2, 0.25) is 0 Å². The number of benzene rings is 1. The molecule has 0 saturated carbocycles. The third-order valence-electron chi connectivity index (χ3n) is 2.56. The Kier molecular flexibility index (Phi) is 3.99. The zero-order valence-electron chi connectivity index (χ0n) is 10.1. The Labute approximate surface area is 116 Å². The van der Waals surface area contributed by atoms with Gasteiger partial charge in [-0.15, -0.1) is 11.3 Å². The summed E-state index contributed by atoms with van der Waals surface area (Å²) in [6.07, 6.45) is -4.43. The van der Waals surface area contributed by atoms with E-state index in [0.29, 0.717) is 4.88 Å². The van der Waals surface area contributed by atoms with Crippen LogP contribution in [0.3, 0.4) is 0 Å². The Hall–Kier alpha value is -2.02. The average Bonchev–Trinajstić information content (AvgIpc) is 2.84. The minimum absolute atomic E-state index is 0.0229. The van der Waals surface area contributed by atoms with Crippen molar-refractivity contribution in [3.05, 3.63) is 51.7 Å². The maximum absolute atomic E-state index is 12.8. The van der Waals surface area contributed by atoms with Crippen LogP contribution in [0, 0.1) is 0 Å². The molecule has 2 N–H and O–H groups in total. The number of carbonyl (C=O) groups is 1. The van der Waals surface area contributed by atoms with E-state index < -0.39 is 17.7 Å². The fraction of sp³-hybridized carbons (Fsp3) is 0.154. The third-order valence-corrected chi connectivity index (χ3v) is 3.63. The van der Waals surface area contributed by atoms with Gasteiger partial charge < -0.3 is 10.4 Å². The molecule has 0 saturated heterocycles. The first-order chi connectivity index (χ1) is 9.38. The molecule has 0 fully saturated rings. The van der Waals surface area contributed by atoms with Gasteiger partial charge in [-0.1, -0.05) is 12.1 Å². The van der Waals surface area contributed by atoms with Crippen molar-refractivity contribution in [3.8, 4) is 0 Å². The van der Waals surface area contributed by atoms with Crippen LogP contribution in [0.1, 0.15) is 20.1 Å². The zero-order chi connectivity index (χ0) is 14.8. The maximum atomic E-state index is 12.8. The molecule has 0 radical (unpaired) electrons. The molecule has 0 spiro atoms. The Balaban J connectivity index is 2.13. The first kappa shape index (κ1) is 14.4. The van der Waals surface area contributed by atoms with Gasteiger partial charge in [-0.25, -0.2) is 4.79 Å². The topological polar surface area (TPSA) is 49.3 Å². The second kappa shape index (κ2) is 5.54. The second-order valence-corrected chi connectivity index (χ2v) is 5.14. The summed E-state index contributed by atoms with van der Waals surface area (Å²) in [5.41, 5.74) is -0.764. The van der Waals surface area contributed by atoms with Crippen LogP contribution in [0.2, 0.25) is 0 Å². The SMILES string of the molecule is O=C(O)c1ccc(CNc2ccccc2C(F)(F)F)s1. The van der Waals surface area contributed by atoms with Crippen molar-refractivity contribution in [3.63, 3.8) is 0 Å². The molecule has 0 amide bonds. The molecule has 7 heteroatoms. The summed E-state index contributed by atoms with van der Waals surface area (Å²) in [4.78, 5) is 11.5. The summed E-state index contributed by atoms with van der Waals surface area (Å²) in [6.45, 7) is 0.144. The minimum Gasteiger partial charge on any atom is -0.477 e. The molecule has 2 aromatic rings. The highest BCUT2D eigenvalue weighted by molar-refractivity contribution is 7.13. The number of para-hydroxylation sites is 1. The number of hydrogen-bond donors (Lipinski definition) is 2. The molecular weight excluding hydrogens is 291 g/mol. The Morgan fingerprint density at radius 3 is 2.50 bits per heavy atom. The number of aromatic carboxylic acids is 1. The molecule has 106 valence electrons. The van der Waals surface area contributed by atoms with E-state index >= 15 is 0 Å². The molecule has 1 heterocycles.